The van der Waals surface area contributed by atoms with Crippen LogP contribution in [0.3, 0.4) is 0 Å². The van der Waals surface area contributed by atoms with Crippen LogP contribution in [-0.4, -0.2) is 35.6 Å². The summed E-state index contributed by atoms with van der Waals surface area (Å²) in [6, 6.07) is 0.814. The lowest BCUT2D eigenvalue weighted by Gasteiger charge is -2.33. The molecule has 1 N–H and O–H groups in total. The van der Waals surface area contributed by atoms with Crippen LogP contribution in [0.2, 0.25) is 0 Å². The first-order valence-corrected chi connectivity index (χ1v) is 6.98. The second-order valence-electron chi connectivity index (χ2n) is 5.23. The molecule has 1 fully saturated rings. The van der Waals surface area contributed by atoms with Crippen LogP contribution in [0, 0.1) is 20.8 Å². The average Bonchev–Trinajstić information content (AvgIpc) is 2.64. The summed E-state index contributed by atoms with van der Waals surface area (Å²) < 4.78 is 7.81. The minimum Gasteiger partial charge on any atom is -0.379 e. The number of nitrogens with one attached hydrogen (secondary N) is 1. The van der Waals surface area contributed by atoms with E-state index in [4.69, 9.17) is 4.74 Å². The Hall–Kier alpha value is -0.870. The van der Waals surface area contributed by atoms with Crippen LogP contribution in [0.4, 0.5) is 0 Å². The van der Waals surface area contributed by atoms with Gasteiger partial charge in [0, 0.05) is 18.3 Å². The molecule has 0 saturated carbocycles. The average molecular weight is 251 g/mol. The summed E-state index contributed by atoms with van der Waals surface area (Å²) in [4.78, 5) is 0. The quantitative estimate of drug-likeness (QED) is 0.891. The highest BCUT2D eigenvalue weighted by atomic mass is 16.5. The van der Waals surface area contributed by atoms with Crippen LogP contribution in [-0.2, 0) is 4.74 Å². The molecule has 0 aliphatic carbocycles. The number of rotatable bonds is 4. The van der Waals surface area contributed by atoms with Crippen molar-refractivity contribution in [2.24, 2.45) is 0 Å². The zero-order valence-electron chi connectivity index (χ0n) is 12.0. The predicted molar refractivity (Wildman–Crippen MR) is 73.0 cm³/mol. The molecule has 0 spiro atoms. The van der Waals surface area contributed by atoms with Gasteiger partial charge in [-0.05, 0) is 45.7 Å². The molecular weight excluding hydrogens is 226 g/mol. The predicted octanol–water partition coefficient (Wildman–Crippen LogP) is 2.14. The fourth-order valence-electron chi connectivity index (χ4n) is 2.60. The van der Waals surface area contributed by atoms with Gasteiger partial charge in [0.25, 0.3) is 0 Å². The zero-order chi connectivity index (χ0) is 13.1. The first kappa shape index (κ1) is 13.6. The van der Waals surface area contributed by atoms with Gasteiger partial charge in [-0.25, -0.2) is 0 Å². The van der Waals surface area contributed by atoms with Crippen LogP contribution in [0.25, 0.3) is 0 Å². The molecule has 2 heterocycles. The molecule has 2 rings (SSSR count). The minimum absolute atomic E-state index is 0.331. The van der Waals surface area contributed by atoms with E-state index in [0.717, 1.165) is 31.9 Å². The zero-order valence-corrected chi connectivity index (χ0v) is 12.0. The normalized spacial score (nSPS) is 24.4. The van der Waals surface area contributed by atoms with Gasteiger partial charge in [-0.15, -0.1) is 0 Å². The van der Waals surface area contributed by atoms with Crippen LogP contribution in [0.5, 0.6) is 0 Å². The van der Waals surface area contributed by atoms with Gasteiger partial charge in [0.1, 0.15) is 0 Å². The Morgan fingerprint density at radius 1 is 1.39 bits per heavy atom. The Balaban J connectivity index is 2.19. The summed E-state index contributed by atoms with van der Waals surface area (Å²) in [5.41, 5.74) is 3.70. The molecule has 1 aromatic rings. The first-order chi connectivity index (χ1) is 8.65. The lowest BCUT2D eigenvalue weighted by molar-refractivity contribution is 0.0319. The molecule has 18 heavy (non-hydrogen) atoms. The van der Waals surface area contributed by atoms with E-state index in [1.165, 1.54) is 17.7 Å². The second kappa shape index (κ2) is 5.85. The lowest BCUT2D eigenvalue weighted by atomic mass is 10.0. The molecule has 1 aromatic heterocycles. The highest BCUT2D eigenvalue weighted by Gasteiger charge is 2.29. The Kier molecular flexibility index (Phi) is 4.40. The summed E-state index contributed by atoms with van der Waals surface area (Å²) in [6.07, 6.45) is 2.24. The van der Waals surface area contributed by atoms with Gasteiger partial charge in [-0.2, -0.15) is 5.10 Å². The SMILES string of the molecule is CCCNC1CCOCC1n1nc(C)c(C)c1C. The van der Waals surface area contributed by atoms with Crippen molar-refractivity contribution in [1.29, 1.82) is 0 Å². The summed E-state index contributed by atoms with van der Waals surface area (Å²) in [5.74, 6) is 0. The summed E-state index contributed by atoms with van der Waals surface area (Å²) in [5, 5.41) is 8.32. The van der Waals surface area contributed by atoms with E-state index in [1.807, 2.05) is 0 Å². The Morgan fingerprint density at radius 3 is 2.78 bits per heavy atom. The van der Waals surface area contributed by atoms with Crippen molar-refractivity contribution in [3.8, 4) is 0 Å². The van der Waals surface area contributed by atoms with Crippen LogP contribution in [0.15, 0.2) is 0 Å². The van der Waals surface area contributed by atoms with Gasteiger partial charge in [-0.1, -0.05) is 6.92 Å². The Bertz CT molecular complexity index is 400. The van der Waals surface area contributed by atoms with Crippen LogP contribution < -0.4 is 5.32 Å². The van der Waals surface area contributed by atoms with Crippen LogP contribution in [0.1, 0.15) is 42.8 Å². The van der Waals surface area contributed by atoms with Crippen molar-refractivity contribution in [2.45, 2.75) is 52.6 Å². The van der Waals surface area contributed by atoms with Crippen molar-refractivity contribution < 1.29 is 4.74 Å². The van der Waals surface area contributed by atoms with E-state index in [2.05, 4.69) is 42.8 Å². The molecule has 4 heteroatoms. The monoisotopic (exact) mass is 251 g/mol. The van der Waals surface area contributed by atoms with Crippen molar-refractivity contribution in [2.75, 3.05) is 19.8 Å². The van der Waals surface area contributed by atoms with Gasteiger partial charge in [0.2, 0.25) is 0 Å². The van der Waals surface area contributed by atoms with E-state index in [0.29, 0.717) is 12.1 Å². The van der Waals surface area contributed by atoms with Gasteiger partial charge < -0.3 is 10.1 Å². The van der Waals surface area contributed by atoms with Gasteiger partial charge >= 0.3 is 0 Å². The summed E-state index contributed by atoms with van der Waals surface area (Å²) in [6.45, 7) is 11.3. The molecule has 0 bridgehead atoms. The molecule has 4 nitrogen and oxygen atoms in total. The van der Waals surface area contributed by atoms with Crippen LogP contribution >= 0.6 is 0 Å². The summed E-state index contributed by atoms with van der Waals surface area (Å²) in [7, 11) is 0. The fraction of sp³-hybridized carbons (Fsp3) is 0.786. The number of nitrogens with zero attached hydrogens (tertiary/aromatic N) is 2. The van der Waals surface area contributed by atoms with Gasteiger partial charge in [0.15, 0.2) is 0 Å². The molecule has 1 saturated heterocycles. The molecular formula is C14H25N3O. The van der Waals surface area contributed by atoms with E-state index in [-0.39, 0.29) is 0 Å². The number of hydrogen-bond acceptors (Lipinski definition) is 3. The first-order valence-electron chi connectivity index (χ1n) is 6.98. The molecule has 0 radical (unpaired) electrons. The van der Waals surface area contributed by atoms with Crippen molar-refractivity contribution in [1.82, 2.24) is 15.1 Å². The number of aryl methyl sites for hydroxylation is 1. The highest BCUT2D eigenvalue weighted by molar-refractivity contribution is 5.23. The molecule has 1 aliphatic rings. The topological polar surface area (TPSA) is 39.1 Å². The number of aromatic nitrogens is 2. The van der Waals surface area contributed by atoms with E-state index in [1.54, 1.807) is 0 Å². The molecule has 0 aromatic carbocycles. The third kappa shape index (κ3) is 2.59. The molecule has 1 aliphatic heterocycles. The van der Waals surface area contributed by atoms with Crippen molar-refractivity contribution in [3.05, 3.63) is 17.0 Å². The van der Waals surface area contributed by atoms with Gasteiger partial charge in [-0.3, -0.25) is 4.68 Å². The second-order valence-corrected chi connectivity index (χ2v) is 5.23. The number of hydrogen-bond donors (Lipinski definition) is 1. The van der Waals surface area contributed by atoms with Crippen molar-refractivity contribution in [3.63, 3.8) is 0 Å². The molecule has 2 atom stereocenters. The minimum atomic E-state index is 0.331. The van der Waals surface area contributed by atoms with Crippen molar-refractivity contribution >= 4 is 0 Å². The lowest BCUT2D eigenvalue weighted by Crippen LogP contribution is -2.44. The molecule has 102 valence electrons. The maximum atomic E-state index is 5.65. The Morgan fingerprint density at radius 2 is 2.17 bits per heavy atom. The molecule has 0 amide bonds. The Labute approximate surface area is 110 Å². The van der Waals surface area contributed by atoms with Gasteiger partial charge in [0.05, 0.1) is 18.3 Å². The third-order valence-corrected chi connectivity index (χ3v) is 3.98. The summed E-state index contributed by atoms with van der Waals surface area (Å²) >= 11 is 0. The van der Waals surface area contributed by atoms with E-state index in [9.17, 15) is 0 Å². The fourth-order valence-corrected chi connectivity index (χ4v) is 2.60. The van der Waals surface area contributed by atoms with E-state index >= 15 is 0 Å². The smallest absolute Gasteiger partial charge is 0.0909 e. The largest absolute Gasteiger partial charge is 0.379 e. The number of ether oxygens (including phenoxy) is 1. The highest BCUT2D eigenvalue weighted by Crippen LogP contribution is 2.24. The third-order valence-electron chi connectivity index (χ3n) is 3.98. The molecule has 2 unspecified atom stereocenters. The van der Waals surface area contributed by atoms with E-state index < -0.39 is 0 Å². The maximum Gasteiger partial charge on any atom is 0.0909 e. The maximum absolute atomic E-state index is 5.65. The standard InChI is InChI=1S/C14H25N3O/c1-5-7-15-13-6-8-18-9-14(13)17-12(4)10(2)11(3)16-17/h13-15H,5-9H2,1-4H3.